The van der Waals surface area contributed by atoms with E-state index in [1.54, 1.807) is 16.7 Å². The second kappa shape index (κ2) is 3.49. The van der Waals surface area contributed by atoms with Crippen molar-refractivity contribution in [3.63, 3.8) is 0 Å². The zero-order valence-electron chi connectivity index (χ0n) is 9.27. The van der Waals surface area contributed by atoms with E-state index in [1.165, 1.54) is 30.4 Å². The molecular weight excluding hydrogens is 182 g/mol. The Morgan fingerprint density at radius 3 is 3.07 bits per heavy atom. The number of nitrogens with one attached hydrogen (secondary N) is 1. The van der Waals surface area contributed by atoms with Crippen LogP contribution in [0, 0.1) is 6.92 Å². The molecule has 3 rings (SSSR count). The summed E-state index contributed by atoms with van der Waals surface area (Å²) in [6.07, 6.45) is 8.27. The van der Waals surface area contributed by atoms with Crippen LogP contribution in [0.15, 0.2) is 12.1 Å². The maximum Gasteiger partial charge on any atom is 0.0214 e. The zero-order chi connectivity index (χ0) is 10.3. The normalized spacial score (nSPS) is 18.5. The Morgan fingerprint density at radius 1 is 1.20 bits per heavy atom. The molecule has 1 heteroatoms. The largest absolute Gasteiger partial charge is 0.312 e. The highest BCUT2D eigenvalue weighted by Crippen LogP contribution is 2.30. The lowest BCUT2D eigenvalue weighted by atomic mass is 9.85. The summed E-state index contributed by atoms with van der Waals surface area (Å²) in [4.78, 5) is 0. The second-order valence-corrected chi connectivity index (χ2v) is 4.59. The van der Waals surface area contributed by atoms with E-state index in [-0.39, 0.29) is 0 Å². The Labute approximate surface area is 91.2 Å². The molecule has 0 unspecified atom stereocenters. The van der Waals surface area contributed by atoms with E-state index in [2.05, 4.69) is 30.5 Å². The van der Waals surface area contributed by atoms with Crippen molar-refractivity contribution in [3.8, 4) is 0 Å². The Kier molecular flexibility index (Phi) is 2.14. The van der Waals surface area contributed by atoms with Crippen molar-refractivity contribution in [3.05, 3.63) is 40.0 Å². The molecule has 78 valence electrons. The minimum atomic E-state index is 1.06. The third-order valence-corrected chi connectivity index (χ3v) is 3.62. The molecule has 0 bridgehead atoms. The molecule has 0 aromatic heterocycles. The third kappa shape index (κ3) is 1.42. The minimum Gasteiger partial charge on any atom is -0.312 e. The first-order valence-electron chi connectivity index (χ1n) is 5.88. The first kappa shape index (κ1) is 9.17. The maximum atomic E-state index is 3.48. The molecule has 0 radical (unpaired) electrons. The molecule has 0 amide bonds. The molecule has 1 aliphatic carbocycles. The lowest BCUT2D eigenvalue weighted by Crippen LogP contribution is -2.25. The monoisotopic (exact) mass is 199 g/mol. The molecule has 1 aromatic carbocycles. The van der Waals surface area contributed by atoms with Crippen LogP contribution in [0.25, 0.3) is 6.08 Å². The van der Waals surface area contributed by atoms with Crippen LogP contribution in [0.1, 0.15) is 34.2 Å². The summed E-state index contributed by atoms with van der Waals surface area (Å²) in [5.74, 6) is 0. The van der Waals surface area contributed by atoms with Gasteiger partial charge < -0.3 is 5.32 Å². The lowest BCUT2D eigenvalue weighted by molar-refractivity contribution is 0.640. The van der Waals surface area contributed by atoms with Crippen molar-refractivity contribution in [1.29, 1.82) is 0 Å². The maximum absolute atomic E-state index is 3.48. The predicted octanol–water partition coefficient (Wildman–Crippen LogP) is 2.60. The van der Waals surface area contributed by atoms with Crippen LogP contribution < -0.4 is 5.32 Å². The summed E-state index contributed by atoms with van der Waals surface area (Å²) in [5, 5.41) is 3.48. The highest BCUT2D eigenvalue weighted by Gasteiger charge is 2.17. The smallest absolute Gasteiger partial charge is 0.0214 e. The topological polar surface area (TPSA) is 12.0 Å². The molecule has 1 N–H and O–H groups in total. The summed E-state index contributed by atoms with van der Waals surface area (Å²) < 4.78 is 0. The van der Waals surface area contributed by atoms with Gasteiger partial charge in [-0.3, -0.25) is 0 Å². The molecular formula is C14H17N. The Hall–Kier alpha value is -1.08. The number of aryl methyl sites for hydroxylation is 1. The number of rotatable bonds is 0. The molecule has 1 heterocycles. The zero-order valence-corrected chi connectivity index (χ0v) is 9.27. The van der Waals surface area contributed by atoms with Gasteiger partial charge in [-0.15, -0.1) is 0 Å². The number of hydrogen-bond donors (Lipinski definition) is 1. The Bertz CT molecular complexity index is 429. The number of allylic oxidation sites excluding steroid dienone is 1. The van der Waals surface area contributed by atoms with Gasteiger partial charge in [-0.05, 0) is 60.5 Å². The van der Waals surface area contributed by atoms with Crippen molar-refractivity contribution in [2.24, 2.45) is 0 Å². The molecule has 0 atom stereocenters. The Morgan fingerprint density at radius 2 is 2.13 bits per heavy atom. The first-order chi connectivity index (χ1) is 7.36. The summed E-state index contributed by atoms with van der Waals surface area (Å²) in [6, 6.07) is 2.41. The van der Waals surface area contributed by atoms with Crippen molar-refractivity contribution >= 4 is 6.08 Å². The van der Waals surface area contributed by atoms with Crippen molar-refractivity contribution in [2.75, 3.05) is 6.54 Å². The summed E-state index contributed by atoms with van der Waals surface area (Å²) >= 11 is 0. The third-order valence-electron chi connectivity index (χ3n) is 3.62. The second-order valence-electron chi connectivity index (χ2n) is 4.59. The fourth-order valence-corrected chi connectivity index (χ4v) is 2.83. The van der Waals surface area contributed by atoms with Crippen LogP contribution in [0.2, 0.25) is 0 Å². The van der Waals surface area contributed by atoms with E-state index in [1.807, 2.05) is 0 Å². The summed E-state index contributed by atoms with van der Waals surface area (Å²) in [7, 11) is 0. The van der Waals surface area contributed by atoms with Gasteiger partial charge in [0.15, 0.2) is 0 Å². The van der Waals surface area contributed by atoms with E-state index >= 15 is 0 Å². The van der Waals surface area contributed by atoms with E-state index in [0.717, 1.165) is 13.1 Å². The highest BCUT2D eigenvalue weighted by atomic mass is 14.9. The van der Waals surface area contributed by atoms with Gasteiger partial charge in [0.1, 0.15) is 0 Å². The summed E-state index contributed by atoms with van der Waals surface area (Å²) in [5.41, 5.74) is 7.72. The van der Waals surface area contributed by atoms with Crippen LogP contribution in [0.5, 0.6) is 0 Å². The van der Waals surface area contributed by atoms with E-state index < -0.39 is 0 Å². The quantitative estimate of drug-likeness (QED) is 0.677. The van der Waals surface area contributed by atoms with Gasteiger partial charge >= 0.3 is 0 Å². The number of fused-ring (bicyclic) bond motifs is 3. The molecule has 1 nitrogen and oxygen atoms in total. The van der Waals surface area contributed by atoms with Gasteiger partial charge in [-0.25, -0.2) is 0 Å². The van der Waals surface area contributed by atoms with Gasteiger partial charge in [0.05, 0.1) is 0 Å². The van der Waals surface area contributed by atoms with Gasteiger partial charge in [0.2, 0.25) is 0 Å². The van der Waals surface area contributed by atoms with Gasteiger partial charge in [-0.1, -0.05) is 18.2 Å². The van der Waals surface area contributed by atoms with Crippen LogP contribution in [-0.4, -0.2) is 6.54 Å². The summed E-state index contributed by atoms with van der Waals surface area (Å²) in [6.45, 7) is 4.46. The lowest BCUT2D eigenvalue weighted by Gasteiger charge is -2.25. The van der Waals surface area contributed by atoms with Crippen LogP contribution in [0.4, 0.5) is 0 Å². The molecule has 0 fully saturated rings. The van der Waals surface area contributed by atoms with Crippen molar-refractivity contribution < 1.29 is 0 Å². The molecule has 0 saturated carbocycles. The van der Waals surface area contributed by atoms with Crippen LogP contribution in [0.3, 0.4) is 0 Å². The minimum absolute atomic E-state index is 1.06. The van der Waals surface area contributed by atoms with Crippen LogP contribution >= 0.6 is 0 Å². The fraction of sp³-hybridized carbons (Fsp3) is 0.429. The number of hydrogen-bond acceptors (Lipinski definition) is 1. The van der Waals surface area contributed by atoms with E-state index in [9.17, 15) is 0 Å². The Balaban J connectivity index is 2.24. The van der Waals surface area contributed by atoms with Gasteiger partial charge in [0.25, 0.3) is 0 Å². The number of benzene rings is 1. The molecule has 15 heavy (non-hydrogen) atoms. The molecule has 0 spiro atoms. The standard InChI is InChI=1S/C14H17N/c1-10-8-11-6-7-15-9-14(11)13-5-3-2-4-12(10)13/h3,5,8,15H,2,4,6-7,9H2,1H3. The molecule has 2 aliphatic rings. The molecule has 0 saturated heterocycles. The molecule has 1 aliphatic heterocycles. The van der Waals surface area contributed by atoms with Gasteiger partial charge in [-0.2, -0.15) is 0 Å². The van der Waals surface area contributed by atoms with Gasteiger partial charge in [0, 0.05) is 6.54 Å². The van der Waals surface area contributed by atoms with Crippen molar-refractivity contribution in [1.82, 2.24) is 5.32 Å². The SMILES string of the molecule is Cc1cc2c(c3c1CCC=C3)CNCC2. The van der Waals surface area contributed by atoms with E-state index in [0.29, 0.717) is 0 Å². The first-order valence-corrected chi connectivity index (χ1v) is 5.88. The van der Waals surface area contributed by atoms with Crippen molar-refractivity contribution in [2.45, 2.75) is 32.7 Å². The predicted molar refractivity (Wildman–Crippen MR) is 63.9 cm³/mol. The fourth-order valence-electron chi connectivity index (χ4n) is 2.83. The average Bonchev–Trinajstić information content (AvgIpc) is 2.30. The van der Waals surface area contributed by atoms with Crippen LogP contribution in [-0.2, 0) is 19.4 Å². The molecule has 1 aromatic rings. The highest BCUT2D eigenvalue weighted by molar-refractivity contribution is 5.64. The average molecular weight is 199 g/mol. The van der Waals surface area contributed by atoms with E-state index in [4.69, 9.17) is 0 Å².